The van der Waals surface area contributed by atoms with Gasteiger partial charge in [0, 0.05) is 23.0 Å². The summed E-state index contributed by atoms with van der Waals surface area (Å²) in [6, 6.07) is 12.4. The zero-order valence-electron chi connectivity index (χ0n) is 25.0. The summed E-state index contributed by atoms with van der Waals surface area (Å²) < 4.78 is 40.7. The largest absolute Gasteiger partial charge is 0.462 e. The molecule has 1 aliphatic heterocycles. The van der Waals surface area contributed by atoms with Crippen LogP contribution in [-0.4, -0.2) is 44.6 Å². The van der Waals surface area contributed by atoms with Gasteiger partial charge in [0.25, 0.3) is 15.8 Å². The lowest BCUT2D eigenvalue weighted by molar-refractivity contribution is -0.385. The molecule has 0 fully saturated rings. The predicted octanol–water partition coefficient (Wildman–Crippen LogP) is 5.60. The van der Waals surface area contributed by atoms with Gasteiger partial charge in [-0.25, -0.2) is 9.59 Å². The van der Waals surface area contributed by atoms with Crippen molar-refractivity contribution in [1.82, 2.24) is 5.32 Å². The molecule has 1 unspecified atom stereocenters. The van der Waals surface area contributed by atoms with Gasteiger partial charge in [-0.15, -0.1) is 0 Å². The summed E-state index contributed by atoms with van der Waals surface area (Å²) >= 11 is 0. The van der Waals surface area contributed by atoms with E-state index in [1.54, 1.807) is 45.9 Å². The fraction of sp³-hybridized carbons (Fsp3) is 0.419. The van der Waals surface area contributed by atoms with Gasteiger partial charge >= 0.3 is 11.9 Å². The molecule has 0 aliphatic carbocycles. The third-order valence-electron chi connectivity index (χ3n) is 6.81. The monoisotopic (exact) mass is 614 g/mol. The molecule has 0 aromatic heterocycles. The molecule has 1 aliphatic rings. The van der Waals surface area contributed by atoms with Gasteiger partial charge in [-0.05, 0) is 66.0 Å². The average molecular weight is 615 g/mol. The van der Waals surface area contributed by atoms with Crippen LogP contribution in [-0.2, 0) is 33.4 Å². The zero-order chi connectivity index (χ0) is 31.7. The number of hydrogen-bond acceptors (Lipinski definition) is 10. The van der Waals surface area contributed by atoms with E-state index in [1.807, 2.05) is 6.92 Å². The predicted molar refractivity (Wildman–Crippen MR) is 159 cm³/mol. The number of rotatable bonds is 14. The van der Waals surface area contributed by atoms with Gasteiger partial charge < -0.3 is 14.8 Å². The maximum Gasteiger partial charge on any atom is 0.337 e. The highest BCUT2D eigenvalue weighted by molar-refractivity contribution is 7.86. The molecule has 232 valence electrons. The third-order valence-corrected chi connectivity index (χ3v) is 8.13. The molecule has 1 atom stereocenters. The van der Waals surface area contributed by atoms with E-state index >= 15 is 0 Å². The highest BCUT2D eigenvalue weighted by Gasteiger charge is 2.41. The molecule has 0 spiro atoms. The van der Waals surface area contributed by atoms with Gasteiger partial charge in [-0.2, -0.15) is 8.42 Å². The van der Waals surface area contributed by atoms with E-state index < -0.39 is 39.0 Å². The van der Waals surface area contributed by atoms with Crippen molar-refractivity contribution in [1.29, 1.82) is 0 Å². The van der Waals surface area contributed by atoms with E-state index in [0.29, 0.717) is 37.1 Å². The van der Waals surface area contributed by atoms with E-state index in [4.69, 9.17) is 13.7 Å². The lowest BCUT2D eigenvalue weighted by Gasteiger charge is -2.30. The van der Waals surface area contributed by atoms with Gasteiger partial charge in [0.15, 0.2) is 0 Å². The van der Waals surface area contributed by atoms with Crippen LogP contribution in [0.1, 0.15) is 70.4 Å². The van der Waals surface area contributed by atoms with Gasteiger partial charge in [0.1, 0.15) is 0 Å². The Labute approximate surface area is 252 Å². The first-order valence-corrected chi connectivity index (χ1v) is 15.5. The summed E-state index contributed by atoms with van der Waals surface area (Å²) in [5.41, 5.74) is 1.92. The first-order valence-electron chi connectivity index (χ1n) is 14.1. The second-order valence-corrected chi connectivity index (χ2v) is 12.2. The quantitative estimate of drug-likeness (QED) is 0.0936. The van der Waals surface area contributed by atoms with Gasteiger partial charge in [0.05, 0.1) is 46.2 Å². The summed E-state index contributed by atoms with van der Waals surface area (Å²) in [7, 11) is -3.82. The van der Waals surface area contributed by atoms with Gasteiger partial charge in [-0.1, -0.05) is 42.3 Å². The Kier molecular flexibility index (Phi) is 11.6. The number of dihydropyridines is 1. The van der Waals surface area contributed by atoms with Crippen LogP contribution in [0.5, 0.6) is 0 Å². The van der Waals surface area contributed by atoms with Crippen LogP contribution in [0.4, 0.5) is 5.69 Å². The molecular weight excluding hydrogens is 576 g/mol. The van der Waals surface area contributed by atoms with Crippen LogP contribution in [0, 0.1) is 17.0 Å². The molecule has 12 heteroatoms. The van der Waals surface area contributed by atoms with Crippen LogP contribution >= 0.6 is 0 Å². The van der Waals surface area contributed by atoms with Crippen LogP contribution in [0.15, 0.2) is 76.0 Å². The molecule has 11 nitrogen and oxygen atoms in total. The summed E-state index contributed by atoms with van der Waals surface area (Å²) in [5, 5.41) is 14.9. The first-order chi connectivity index (χ1) is 20.3. The van der Waals surface area contributed by atoms with E-state index in [-0.39, 0.29) is 40.5 Å². The number of nitro benzene ring substituents is 1. The lowest BCUT2D eigenvalue weighted by atomic mass is 9.79. The Morgan fingerprint density at radius 1 is 0.884 bits per heavy atom. The Balaban J connectivity index is 1.64. The number of hydrogen-bond donors (Lipinski definition) is 1. The standard InChI is InChI=1S/C31H38N2O9S/c1-20(2)42-31(35)28-23(5)32-22(4)27(29(28)25-12-8-9-13-26(25)33(36)37)30(34)40-18-10-6-7-11-19-41-43(38,39)24-16-14-21(3)15-17-24/h8-9,12-17,20,29,32H,6-7,10-11,18-19H2,1-5H3. The number of nitrogens with one attached hydrogen (secondary N) is 1. The number of nitro groups is 1. The molecule has 0 saturated carbocycles. The number of unbranched alkanes of at least 4 members (excludes halogenated alkanes) is 3. The van der Waals surface area contributed by atoms with Crippen molar-refractivity contribution in [2.75, 3.05) is 13.2 Å². The minimum Gasteiger partial charge on any atom is -0.462 e. The molecule has 1 heterocycles. The minimum absolute atomic E-state index is 0.0340. The van der Waals surface area contributed by atoms with Crippen molar-refractivity contribution >= 4 is 27.7 Å². The summed E-state index contributed by atoms with van der Waals surface area (Å²) in [6.07, 6.45) is 1.85. The van der Waals surface area contributed by atoms with Crippen LogP contribution in [0.2, 0.25) is 0 Å². The topological polar surface area (TPSA) is 151 Å². The molecule has 0 saturated heterocycles. The SMILES string of the molecule is CC1=C(C(=O)OCCCCCCOS(=O)(=O)c2ccc(C)cc2)C(c2ccccc2[N+](=O)[O-])C(C(=O)OC(C)C)=C(C)N1. The Bertz CT molecular complexity index is 1510. The minimum atomic E-state index is -3.82. The van der Waals surface area contributed by atoms with E-state index in [0.717, 1.165) is 5.56 Å². The highest BCUT2D eigenvalue weighted by atomic mass is 32.2. The second-order valence-electron chi connectivity index (χ2n) is 10.5. The lowest BCUT2D eigenvalue weighted by Crippen LogP contribution is -2.33. The van der Waals surface area contributed by atoms with Crippen molar-refractivity contribution in [2.24, 2.45) is 0 Å². The van der Waals surface area contributed by atoms with Crippen molar-refractivity contribution in [2.45, 2.75) is 77.2 Å². The Hall–Kier alpha value is -4.03. The molecule has 2 aromatic rings. The molecular formula is C31H38N2O9S. The number of ether oxygens (including phenoxy) is 2. The normalized spacial score (nSPS) is 15.3. The molecule has 0 bridgehead atoms. The molecule has 1 N–H and O–H groups in total. The second kappa shape index (κ2) is 14.9. The number of allylic oxidation sites excluding steroid dienone is 2. The van der Waals surface area contributed by atoms with Crippen molar-refractivity contribution in [3.8, 4) is 0 Å². The molecule has 3 rings (SSSR count). The van der Waals surface area contributed by atoms with E-state index in [1.165, 1.54) is 30.3 Å². The smallest absolute Gasteiger partial charge is 0.337 e. The number of esters is 2. The summed E-state index contributed by atoms with van der Waals surface area (Å²) in [5.74, 6) is -2.47. The van der Waals surface area contributed by atoms with Crippen molar-refractivity contribution in [3.05, 3.63) is 92.3 Å². The summed E-state index contributed by atoms with van der Waals surface area (Å²) in [6.45, 7) is 8.65. The van der Waals surface area contributed by atoms with E-state index in [2.05, 4.69) is 5.32 Å². The Morgan fingerprint density at radius 2 is 1.47 bits per heavy atom. The number of benzene rings is 2. The molecule has 43 heavy (non-hydrogen) atoms. The number of nitrogens with zero attached hydrogens (tertiary/aromatic N) is 1. The fourth-order valence-electron chi connectivity index (χ4n) is 4.76. The van der Waals surface area contributed by atoms with Crippen LogP contribution in [0.3, 0.4) is 0 Å². The zero-order valence-corrected chi connectivity index (χ0v) is 25.9. The maximum absolute atomic E-state index is 13.4. The summed E-state index contributed by atoms with van der Waals surface area (Å²) in [4.78, 5) is 38.1. The van der Waals surface area contributed by atoms with Crippen LogP contribution < -0.4 is 5.32 Å². The van der Waals surface area contributed by atoms with Gasteiger partial charge in [-0.3, -0.25) is 14.3 Å². The Morgan fingerprint density at radius 3 is 2.07 bits per heavy atom. The van der Waals surface area contributed by atoms with Gasteiger partial charge in [0.2, 0.25) is 0 Å². The van der Waals surface area contributed by atoms with Crippen molar-refractivity contribution in [3.63, 3.8) is 0 Å². The number of carbonyl (C=O) groups excluding carboxylic acids is 2. The molecule has 0 radical (unpaired) electrons. The average Bonchev–Trinajstić information content (AvgIpc) is 2.93. The first kappa shape index (κ1) is 33.5. The maximum atomic E-state index is 13.4. The van der Waals surface area contributed by atoms with Crippen molar-refractivity contribution < 1.29 is 36.6 Å². The van der Waals surface area contributed by atoms with E-state index in [9.17, 15) is 28.1 Å². The fourth-order valence-corrected chi connectivity index (χ4v) is 5.71. The van der Waals surface area contributed by atoms with Crippen LogP contribution in [0.25, 0.3) is 0 Å². The number of para-hydroxylation sites is 1. The number of carbonyl (C=O) groups is 2. The number of aryl methyl sites for hydroxylation is 1. The molecule has 2 aromatic carbocycles. The highest BCUT2D eigenvalue weighted by Crippen LogP contribution is 2.42. The molecule has 0 amide bonds. The third kappa shape index (κ3) is 8.74.